The number of fused-ring (bicyclic) bond motifs is 1. The van der Waals surface area contributed by atoms with E-state index in [0.717, 1.165) is 17.5 Å². The van der Waals surface area contributed by atoms with Gasteiger partial charge in [0.25, 0.3) is 0 Å². The van der Waals surface area contributed by atoms with Gasteiger partial charge in [-0.3, -0.25) is 14.9 Å². The summed E-state index contributed by atoms with van der Waals surface area (Å²) in [5, 5.41) is 12.2. The van der Waals surface area contributed by atoms with E-state index in [1.807, 2.05) is 17.0 Å². The van der Waals surface area contributed by atoms with Crippen molar-refractivity contribution in [2.75, 3.05) is 20.8 Å². The van der Waals surface area contributed by atoms with Gasteiger partial charge in [-0.25, -0.2) is 0 Å². The lowest BCUT2D eigenvalue weighted by atomic mass is 9.38. The first-order chi connectivity index (χ1) is 14.0. The van der Waals surface area contributed by atoms with Gasteiger partial charge in [0.05, 0.1) is 12.5 Å². The molecule has 0 aromatic heterocycles. The zero-order chi connectivity index (χ0) is 20.2. The van der Waals surface area contributed by atoms with Crippen LogP contribution in [0.4, 0.5) is 0 Å². The Morgan fingerprint density at radius 1 is 1.34 bits per heavy atom. The van der Waals surface area contributed by atoms with Gasteiger partial charge in [0.15, 0.2) is 17.1 Å². The van der Waals surface area contributed by atoms with E-state index < -0.39 is 28.6 Å². The third kappa shape index (κ3) is 1.56. The number of piperidine rings is 1. The van der Waals surface area contributed by atoms with E-state index in [4.69, 9.17) is 14.2 Å². The zero-order valence-corrected chi connectivity index (χ0v) is 16.3. The summed E-state index contributed by atoms with van der Waals surface area (Å²) >= 11 is 0. The monoisotopic (exact) mass is 398 g/mol. The Bertz CT molecular complexity index is 994. The Labute approximate surface area is 167 Å². The topological polar surface area (TPSA) is 91.1 Å². The number of rotatable bonds is 4. The molecular formula is C21H22N2O6. The van der Waals surface area contributed by atoms with Gasteiger partial charge in [-0.05, 0) is 30.5 Å². The summed E-state index contributed by atoms with van der Waals surface area (Å²) in [6.45, 7) is 0.600. The zero-order valence-electron chi connectivity index (χ0n) is 16.3. The van der Waals surface area contributed by atoms with Crippen LogP contribution in [-0.4, -0.2) is 60.8 Å². The maximum absolute atomic E-state index is 12.2. The molecule has 7 rings (SSSR count). The molecule has 2 spiro atoms. The average Bonchev–Trinajstić information content (AvgIpc) is 3.10. The quantitative estimate of drug-likeness (QED) is 0.330. The van der Waals surface area contributed by atoms with Gasteiger partial charge in [-0.15, -0.1) is 0 Å². The highest BCUT2D eigenvalue weighted by Crippen LogP contribution is 2.73. The number of carbonyl (C=O) groups excluding carboxylic acids is 1. The van der Waals surface area contributed by atoms with Crippen LogP contribution >= 0.6 is 0 Å². The van der Waals surface area contributed by atoms with Gasteiger partial charge >= 0.3 is 0 Å². The highest BCUT2D eigenvalue weighted by Gasteiger charge is 2.82. The fourth-order valence-corrected chi connectivity index (χ4v) is 7.35. The van der Waals surface area contributed by atoms with Crippen LogP contribution in [0.15, 0.2) is 24.3 Å². The van der Waals surface area contributed by atoms with Crippen molar-refractivity contribution in [1.82, 2.24) is 4.90 Å². The van der Waals surface area contributed by atoms with Crippen molar-refractivity contribution in [2.45, 2.75) is 48.5 Å². The number of nitro groups is 1. The number of hydrogen-bond donors (Lipinski definition) is 0. The lowest BCUT2D eigenvalue weighted by Crippen LogP contribution is -2.81. The second-order valence-corrected chi connectivity index (χ2v) is 8.85. The van der Waals surface area contributed by atoms with E-state index in [2.05, 4.69) is 12.1 Å². The molecule has 0 radical (unpaired) electrons. The van der Waals surface area contributed by atoms with Gasteiger partial charge in [-0.2, -0.15) is 0 Å². The summed E-state index contributed by atoms with van der Waals surface area (Å²) < 4.78 is 18.1. The van der Waals surface area contributed by atoms with Gasteiger partial charge < -0.3 is 19.1 Å². The third-order valence-corrected chi connectivity index (χ3v) is 8.41. The molecule has 4 bridgehead atoms. The highest BCUT2D eigenvalue weighted by molar-refractivity contribution is 5.66. The van der Waals surface area contributed by atoms with Gasteiger partial charge in [0, 0.05) is 42.0 Å². The highest BCUT2D eigenvalue weighted by atomic mass is 16.6. The molecule has 4 aliphatic carbocycles. The van der Waals surface area contributed by atoms with Crippen LogP contribution in [0.1, 0.15) is 24.0 Å². The molecule has 1 amide bonds. The van der Waals surface area contributed by atoms with Crippen molar-refractivity contribution < 1.29 is 23.9 Å². The van der Waals surface area contributed by atoms with Crippen molar-refractivity contribution >= 4 is 6.41 Å². The van der Waals surface area contributed by atoms with E-state index in [1.54, 1.807) is 7.11 Å². The Hall–Kier alpha value is -2.61. The van der Waals surface area contributed by atoms with Crippen LogP contribution in [0.2, 0.25) is 0 Å². The van der Waals surface area contributed by atoms with Crippen molar-refractivity contribution in [3.05, 3.63) is 45.5 Å². The summed E-state index contributed by atoms with van der Waals surface area (Å²) in [6.07, 6.45) is 5.98. The van der Waals surface area contributed by atoms with Gasteiger partial charge in [-0.1, -0.05) is 12.1 Å². The normalized spacial score (nSPS) is 42.3. The van der Waals surface area contributed by atoms with Crippen LogP contribution in [0, 0.1) is 15.5 Å². The maximum Gasteiger partial charge on any atom is 0.249 e. The molecule has 29 heavy (non-hydrogen) atoms. The summed E-state index contributed by atoms with van der Waals surface area (Å²) in [4.78, 5) is 25.7. The first kappa shape index (κ1) is 17.3. The number of methoxy groups -OCH3 is 2. The van der Waals surface area contributed by atoms with E-state index in [1.165, 1.54) is 7.11 Å². The summed E-state index contributed by atoms with van der Waals surface area (Å²) in [5.74, 6) is 1.33. The van der Waals surface area contributed by atoms with Crippen molar-refractivity contribution in [2.24, 2.45) is 5.41 Å². The van der Waals surface area contributed by atoms with Crippen molar-refractivity contribution in [3.63, 3.8) is 0 Å². The lowest BCUT2D eigenvalue weighted by Gasteiger charge is -2.68. The molecule has 2 fully saturated rings. The van der Waals surface area contributed by atoms with Crippen molar-refractivity contribution in [3.8, 4) is 11.5 Å². The Morgan fingerprint density at radius 3 is 2.86 bits per heavy atom. The molecule has 1 aromatic carbocycles. The van der Waals surface area contributed by atoms with E-state index in [-0.39, 0.29) is 11.0 Å². The third-order valence-electron chi connectivity index (χ3n) is 8.41. The summed E-state index contributed by atoms with van der Waals surface area (Å²) in [6, 6.07) is 2.86. The molecule has 2 heterocycles. The van der Waals surface area contributed by atoms with Gasteiger partial charge in [0.2, 0.25) is 12.5 Å². The second kappa shape index (κ2) is 5.11. The predicted molar refractivity (Wildman–Crippen MR) is 101 cm³/mol. The first-order valence-electron chi connectivity index (χ1n) is 9.96. The predicted octanol–water partition coefficient (Wildman–Crippen LogP) is 1.47. The summed E-state index contributed by atoms with van der Waals surface area (Å²) in [5.41, 5.74) is 0.0647. The minimum Gasteiger partial charge on any atom is -0.493 e. The standard InChI is InChI=1S/C21H22N2O6/c1-27-13-4-3-12-9-14-19-5-6-21(28-2,15(10-19)23(25)26)18-20(19,7-8-22(14)11-24)16(12)17(13)29-18/h3-6,11,14-15,18H,7-10H2,1-2H3/t14-,15-,18+,19-,20+,21-/m1/s1. The number of amides is 1. The van der Waals surface area contributed by atoms with Crippen LogP contribution < -0.4 is 9.47 Å². The van der Waals surface area contributed by atoms with Crippen LogP contribution in [0.3, 0.4) is 0 Å². The molecule has 0 N–H and O–H groups in total. The molecule has 1 saturated heterocycles. The molecule has 6 atom stereocenters. The molecule has 1 saturated carbocycles. The number of ether oxygens (including phenoxy) is 3. The second-order valence-electron chi connectivity index (χ2n) is 8.85. The van der Waals surface area contributed by atoms with Crippen LogP contribution in [0.5, 0.6) is 11.5 Å². The molecule has 6 aliphatic rings. The Morgan fingerprint density at radius 2 is 2.17 bits per heavy atom. The SMILES string of the molecule is COc1ccc2c3c1O[C@@H]1[C@@]4(OC)C=C[C@@]5(C[C@H]4[N+](=O)[O-])[C@@H](C2)N(C=O)CC[C@]315. The Kier molecular flexibility index (Phi) is 3.04. The molecule has 8 nitrogen and oxygen atoms in total. The number of benzene rings is 1. The molecular weight excluding hydrogens is 376 g/mol. The fraction of sp³-hybridized carbons (Fsp3) is 0.571. The fourth-order valence-electron chi connectivity index (χ4n) is 7.35. The van der Waals surface area contributed by atoms with Crippen LogP contribution in [0.25, 0.3) is 0 Å². The first-order valence-corrected chi connectivity index (χ1v) is 9.96. The minimum absolute atomic E-state index is 0.138. The van der Waals surface area contributed by atoms with Crippen LogP contribution in [-0.2, 0) is 21.4 Å². The number of likely N-dealkylation sites (tertiary alicyclic amines) is 1. The lowest BCUT2D eigenvalue weighted by molar-refractivity contribution is -0.558. The Balaban J connectivity index is 1.71. The molecule has 2 aliphatic heterocycles. The largest absolute Gasteiger partial charge is 0.493 e. The number of carbonyl (C=O) groups is 1. The van der Waals surface area contributed by atoms with Gasteiger partial charge in [0.1, 0.15) is 6.10 Å². The maximum atomic E-state index is 12.2. The number of hydrogen-bond acceptors (Lipinski definition) is 6. The van der Waals surface area contributed by atoms with E-state index in [0.29, 0.717) is 37.3 Å². The van der Waals surface area contributed by atoms with Crippen molar-refractivity contribution in [1.29, 1.82) is 0 Å². The minimum atomic E-state index is -1.15. The molecule has 8 heteroatoms. The average molecular weight is 398 g/mol. The van der Waals surface area contributed by atoms with E-state index in [9.17, 15) is 14.9 Å². The molecule has 1 aromatic rings. The number of nitrogens with zero attached hydrogens (tertiary/aromatic N) is 2. The van der Waals surface area contributed by atoms with E-state index >= 15 is 0 Å². The molecule has 0 unspecified atom stereocenters. The molecule has 152 valence electrons. The smallest absolute Gasteiger partial charge is 0.249 e. The summed E-state index contributed by atoms with van der Waals surface area (Å²) in [7, 11) is 3.14.